The van der Waals surface area contributed by atoms with Gasteiger partial charge in [-0.15, -0.1) is 24.0 Å². The number of carbonyl (C=O) groups excluding carboxylic acids is 1. The molecular formula is C16H33IN4O3. The molecule has 1 amide bonds. The van der Waals surface area contributed by atoms with E-state index < -0.39 is 0 Å². The van der Waals surface area contributed by atoms with Crippen LogP contribution in [0.4, 0.5) is 0 Å². The number of hydrogen-bond donors (Lipinski definition) is 2. The third-order valence-electron chi connectivity index (χ3n) is 3.57. The predicted octanol–water partition coefficient (Wildman–Crippen LogP) is 1.08. The average molecular weight is 456 g/mol. The number of amides is 1. The van der Waals surface area contributed by atoms with Crippen LogP contribution in [-0.2, 0) is 14.3 Å². The smallest absolute Gasteiger partial charge is 0.223 e. The quantitative estimate of drug-likeness (QED) is 0.223. The molecule has 24 heavy (non-hydrogen) atoms. The lowest BCUT2D eigenvalue weighted by atomic mass is 10.1. The molecule has 0 saturated carbocycles. The number of hydrogen-bond acceptors (Lipinski definition) is 4. The van der Waals surface area contributed by atoms with Gasteiger partial charge in [0, 0.05) is 59.3 Å². The van der Waals surface area contributed by atoms with E-state index in [1.54, 1.807) is 19.0 Å². The van der Waals surface area contributed by atoms with E-state index in [1.807, 2.05) is 6.92 Å². The minimum atomic E-state index is 0. The summed E-state index contributed by atoms with van der Waals surface area (Å²) >= 11 is 0. The first-order valence-electron chi connectivity index (χ1n) is 8.51. The van der Waals surface area contributed by atoms with Gasteiger partial charge in [-0.3, -0.25) is 9.79 Å². The van der Waals surface area contributed by atoms with Crippen molar-refractivity contribution in [2.24, 2.45) is 10.9 Å². The summed E-state index contributed by atoms with van der Waals surface area (Å²) in [6.07, 6.45) is 2.46. The van der Waals surface area contributed by atoms with Crippen molar-refractivity contribution >= 4 is 35.8 Å². The molecule has 142 valence electrons. The Morgan fingerprint density at radius 2 is 2.17 bits per heavy atom. The minimum Gasteiger partial charge on any atom is -0.381 e. The molecule has 0 aliphatic carbocycles. The molecule has 8 heteroatoms. The van der Waals surface area contributed by atoms with E-state index in [-0.39, 0.29) is 29.9 Å². The van der Waals surface area contributed by atoms with Crippen molar-refractivity contribution in [3.63, 3.8) is 0 Å². The zero-order valence-corrected chi connectivity index (χ0v) is 17.5. The van der Waals surface area contributed by atoms with Crippen molar-refractivity contribution < 1.29 is 14.3 Å². The number of nitrogens with zero attached hydrogens (tertiary/aromatic N) is 2. The van der Waals surface area contributed by atoms with Crippen LogP contribution >= 0.6 is 24.0 Å². The topological polar surface area (TPSA) is 75.2 Å². The number of guanidine groups is 1. The highest BCUT2D eigenvalue weighted by Gasteiger charge is 2.15. The van der Waals surface area contributed by atoms with Crippen LogP contribution in [0.3, 0.4) is 0 Å². The highest BCUT2D eigenvalue weighted by Crippen LogP contribution is 2.12. The number of aliphatic imine (C=N–C) groups is 1. The summed E-state index contributed by atoms with van der Waals surface area (Å²) in [7, 11) is 3.53. The van der Waals surface area contributed by atoms with Gasteiger partial charge in [-0.25, -0.2) is 0 Å². The van der Waals surface area contributed by atoms with Gasteiger partial charge in [0.2, 0.25) is 5.91 Å². The maximum absolute atomic E-state index is 11.5. The second-order valence-corrected chi connectivity index (χ2v) is 5.88. The van der Waals surface area contributed by atoms with E-state index in [4.69, 9.17) is 9.47 Å². The molecule has 0 radical (unpaired) electrons. The number of carbonyl (C=O) groups is 1. The van der Waals surface area contributed by atoms with E-state index in [1.165, 1.54) is 0 Å². The van der Waals surface area contributed by atoms with Gasteiger partial charge >= 0.3 is 0 Å². The van der Waals surface area contributed by atoms with E-state index in [0.717, 1.165) is 51.8 Å². The number of nitrogens with one attached hydrogen (secondary N) is 2. The van der Waals surface area contributed by atoms with E-state index in [2.05, 4.69) is 15.6 Å². The molecule has 0 spiro atoms. The van der Waals surface area contributed by atoms with Crippen LogP contribution in [-0.4, -0.2) is 76.9 Å². The van der Waals surface area contributed by atoms with Crippen LogP contribution in [0.1, 0.15) is 26.2 Å². The summed E-state index contributed by atoms with van der Waals surface area (Å²) in [4.78, 5) is 17.6. The Labute approximate surface area is 162 Å². The zero-order chi connectivity index (χ0) is 16.9. The van der Waals surface area contributed by atoms with Gasteiger partial charge < -0.3 is 25.0 Å². The summed E-state index contributed by atoms with van der Waals surface area (Å²) in [5.41, 5.74) is 0. The van der Waals surface area contributed by atoms with Crippen molar-refractivity contribution in [2.75, 3.05) is 60.2 Å². The van der Waals surface area contributed by atoms with Crippen molar-refractivity contribution in [3.05, 3.63) is 0 Å². The molecule has 1 unspecified atom stereocenters. The Hall–Kier alpha value is -0.610. The second-order valence-electron chi connectivity index (χ2n) is 5.88. The van der Waals surface area contributed by atoms with Gasteiger partial charge in [-0.1, -0.05) is 0 Å². The largest absolute Gasteiger partial charge is 0.381 e. The maximum atomic E-state index is 11.5. The maximum Gasteiger partial charge on any atom is 0.223 e. The van der Waals surface area contributed by atoms with Crippen LogP contribution in [0.2, 0.25) is 0 Å². The Kier molecular flexibility index (Phi) is 14.3. The number of ether oxygens (including phenoxy) is 2. The molecule has 1 heterocycles. The summed E-state index contributed by atoms with van der Waals surface area (Å²) in [6.45, 7) is 7.32. The lowest BCUT2D eigenvalue weighted by molar-refractivity contribution is -0.128. The Bertz CT molecular complexity index is 361. The fourth-order valence-corrected chi connectivity index (χ4v) is 2.18. The summed E-state index contributed by atoms with van der Waals surface area (Å²) in [5.74, 6) is 1.42. The third-order valence-corrected chi connectivity index (χ3v) is 3.57. The zero-order valence-electron chi connectivity index (χ0n) is 15.2. The summed E-state index contributed by atoms with van der Waals surface area (Å²) < 4.78 is 11.0. The molecule has 1 saturated heterocycles. The van der Waals surface area contributed by atoms with Gasteiger partial charge in [-0.2, -0.15) is 0 Å². The molecule has 2 N–H and O–H groups in total. The first kappa shape index (κ1) is 23.4. The fourth-order valence-electron chi connectivity index (χ4n) is 2.18. The minimum absolute atomic E-state index is 0. The molecule has 1 aliphatic rings. The first-order valence-corrected chi connectivity index (χ1v) is 8.51. The van der Waals surface area contributed by atoms with Crippen LogP contribution in [0, 0.1) is 5.92 Å². The SMILES string of the molecule is CCNC(=NCCCOCC1CCOC1)NCCC(=O)N(C)C.I. The number of halogens is 1. The fraction of sp³-hybridized carbons (Fsp3) is 0.875. The van der Waals surface area contributed by atoms with Crippen LogP contribution < -0.4 is 10.6 Å². The Morgan fingerprint density at radius 3 is 2.79 bits per heavy atom. The average Bonchev–Trinajstić information content (AvgIpc) is 3.03. The molecule has 1 atom stereocenters. The van der Waals surface area contributed by atoms with Crippen LogP contribution in [0.5, 0.6) is 0 Å². The standard InChI is InChI=1S/C16H32N4O3.HI/c1-4-17-16(19-9-6-15(21)20(2)3)18-8-5-10-22-12-14-7-11-23-13-14;/h14H,4-13H2,1-3H3,(H2,17,18,19);1H. The molecule has 0 aromatic rings. The lowest BCUT2D eigenvalue weighted by Crippen LogP contribution is -2.39. The normalized spacial score (nSPS) is 17.3. The van der Waals surface area contributed by atoms with Gasteiger partial charge in [0.25, 0.3) is 0 Å². The van der Waals surface area contributed by atoms with Crippen molar-refractivity contribution in [2.45, 2.75) is 26.2 Å². The van der Waals surface area contributed by atoms with Crippen molar-refractivity contribution in [1.29, 1.82) is 0 Å². The Morgan fingerprint density at radius 1 is 1.38 bits per heavy atom. The molecule has 0 bridgehead atoms. The third kappa shape index (κ3) is 11.0. The highest BCUT2D eigenvalue weighted by molar-refractivity contribution is 14.0. The molecule has 1 fully saturated rings. The second kappa shape index (κ2) is 14.7. The summed E-state index contributed by atoms with van der Waals surface area (Å²) in [6, 6.07) is 0. The lowest BCUT2D eigenvalue weighted by Gasteiger charge is -2.13. The van der Waals surface area contributed by atoms with Crippen LogP contribution in [0.15, 0.2) is 4.99 Å². The predicted molar refractivity (Wildman–Crippen MR) is 107 cm³/mol. The molecular weight excluding hydrogens is 423 g/mol. The van der Waals surface area contributed by atoms with Gasteiger partial charge in [0.1, 0.15) is 0 Å². The first-order chi connectivity index (χ1) is 11.1. The molecule has 1 aliphatic heterocycles. The molecule has 0 aromatic carbocycles. The van der Waals surface area contributed by atoms with Crippen molar-refractivity contribution in [3.8, 4) is 0 Å². The van der Waals surface area contributed by atoms with Gasteiger partial charge in [-0.05, 0) is 19.8 Å². The van der Waals surface area contributed by atoms with E-state index in [0.29, 0.717) is 25.4 Å². The molecule has 0 aromatic heterocycles. The van der Waals surface area contributed by atoms with Crippen LogP contribution in [0.25, 0.3) is 0 Å². The van der Waals surface area contributed by atoms with E-state index in [9.17, 15) is 4.79 Å². The van der Waals surface area contributed by atoms with E-state index >= 15 is 0 Å². The molecule has 1 rings (SSSR count). The highest BCUT2D eigenvalue weighted by atomic mass is 127. The van der Waals surface area contributed by atoms with Crippen molar-refractivity contribution in [1.82, 2.24) is 15.5 Å². The van der Waals surface area contributed by atoms with Gasteiger partial charge in [0.05, 0.1) is 13.2 Å². The summed E-state index contributed by atoms with van der Waals surface area (Å²) in [5, 5.41) is 6.35. The monoisotopic (exact) mass is 456 g/mol. The van der Waals surface area contributed by atoms with Gasteiger partial charge in [0.15, 0.2) is 5.96 Å². The number of rotatable bonds is 10. The molecule has 7 nitrogen and oxygen atoms in total. The Balaban J connectivity index is 0.00000529.